The summed E-state index contributed by atoms with van der Waals surface area (Å²) in [5, 5.41) is 9.19. The van der Waals surface area contributed by atoms with E-state index >= 15 is 0 Å². The molecular weight excluding hydrogens is 268 g/mol. The van der Waals surface area contributed by atoms with E-state index in [1.165, 1.54) is 11.8 Å². The van der Waals surface area contributed by atoms with E-state index in [0.29, 0.717) is 11.7 Å². The molecule has 1 aromatic rings. The van der Waals surface area contributed by atoms with Crippen LogP contribution in [0.4, 0.5) is 0 Å². The van der Waals surface area contributed by atoms with Crippen molar-refractivity contribution in [1.82, 2.24) is 20.1 Å². The van der Waals surface area contributed by atoms with Crippen molar-refractivity contribution in [3.63, 3.8) is 0 Å². The topological polar surface area (TPSA) is 89.0 Å². The summed E-state index contributed by atoms with van der Waals surface area (Å²) in [7, 11) is 1.59. The van der Waals surface area contributed by atoms with E-state index in [4.69, 9.17) is 4.74 Å². The van der Waals surface area contributed by atoms with Crippen molar-refractivity contribution in [3.8, 4) is 0 Å². The molecule has 19 heavy (non-hydrogen) atoms. The highest BCUT2D eigenvalue weighted by Gasteiger charge is 2.22. The summed E-state index contributed by atoms with van der Waals surface area (Å²) in [6.07, 6.45) is 2.03. The Bertz CT molecular complexity index is 492. The third-order valence-corrected chi connectivity index (χ3v) is 4.12. The third kappa shape index (κ3) is 3.38. The normalized spacial score (nSPS) is 20.4. The fraction of sp³-hybridized carbons (Fsp3) is 0.727. The zero-order chi connectivity index (χ0) is 13.8. The van der Waals surface area contributed by atoms with E-state index in [2.05, 4.69) is 15.5 Å². The predicted octanol–water partition coefficient (Wildman–Crippen LogP) is -0.0230. The average Bonchev–Trinajstić information content (AvgIpc) is 3.02. The maximum Gasteiger partial charge on any atom is 0.344 e. The second kappa shape index (κ2) is 6.25. The molecule has 0 saturated carbocycles. The monoisotopic (exact) mass is 286 g/mol. The molecule has 0 aromatic carbocycles. The number of carbonyl (C=O) groups is 1. The second-order valence-corrected chi connectivity index (χ2v) is 5.74. The number of aromatic amines is 1. The highest BCUT2D eigenvalue weighted by molar-refractivity contribution is 8.00. The standard InChI is InChI=1S/C11H18N4O3S/c1-7(9(16)12-2)19-11-14-13-10(17)15(11)6-8-4-3-5-18-8/h7-8H,3-6H2,1-2H3,(H,12,16)(H,13,17)/t7-,8-/m1/s1. The summed E-state index contributed by atoms with van der Waals surface area (Å²) in [5.41, 5.74) is -0.262. The van der Waals surface area contributed by atoms with Crippen molar-refractivity contribution < 1.29 is 9.53 Å². The van der Waals surface area contributed by atoms with Gasteiger partial charge in [-0.2, -0.15) is 0 Å². The SMILES string of the molecule is CNC(=O)[C@@H](C)Sc1n[nH]c(=O)n1C[C@H]1CCCO1. The second-order valence-electron chi connectivity index (χ2n) is 4.43. The Morgan fingerprint density at radius 2 is 2.53 bits per heavy atom. The fourth-order valence-electron chi connectivity index (χ4n) is 1.96. The Morgan fingerprint density at radius 3 is 3.16 bits per heavy atom. The van der Waals surface area contributed by atoms with Crippen molar-refractivity contribution >= 4 is 17.7 Å². The molecule has 7 nitrogen and oxygen atoms in total. The van der Waals surface area contributed by atoms with Gasteiger partial charge in [0.2, 0.25) is 5.91 Å². The van der Waals surface area contributed by atoms with Crippen molar-refractivity contribution in [2.24, 2.45) is 0 Å². The van der Waals surface area contributed by atoms with Gasteiger partial charge in [-0.15, -0.1) is 5.10 Å². The van der Waals surface area contributed by atoms with E-state index in [0.717, 1.165) is 19.4 Å². The number of carbonyl (C=O) groups excluding carboxylic acids is 1. The molecule has 2 N–H and O–H groups in total. The first-order valence-electron chi connectivity index (χ1n) is 6.27. The van der Waals surface area contributed by atoms with Gasteiger partial charge in [0, 0.05) is 13.7 Å². The van der Waals surface area contributed by atoms with E-state index in [-0.39, 0.29) is 23.0 Å². The van der Waals surface area contributed by atoms with Crippen molar-refractivity contribution in [1.29, 1.82) is 0 Å². The summed E-state index contributed by atoms with van der Waals surface area (Å²) in [5.74, 6) is -0.0934. The molecule has 1 aliphatic heterocycles. The first kappa shape index (κ1) is 14.1. The lowest BCUT2D eigenvalue weighted by Crippen LogP contribution is -2.29. The van der Waals surface area contributed by atoms with Gasteiger partial charge in [0.15, 0.2) is 5.16 Å². The zero-order valence-corrected chi connectivity index (χ0v) is 11.8. The minimum atomic E-state index is -0.302. The number of thioether (sulfide) groups is 1. The van der Waals surface area contributed by atoms with Crippen LogP contribution >= 0.6 is 11.8 Å². The third-order valence-electron chi connectivity index (χ3n) is 3.03. The maximum absolute atomic E-state index is 11.7. The molecule has 2 atom stereocenters. The lowest BCUT2D eigenvalue weighted by molar-refractivity contribution is -0.119. The summed E-state index contributed by atoms with van der Waals surface area (Å²) < 4.78 is 7.06. The molecule has 0 aliphatic carbocycles. The van der Waals surface area contributed by atoms with Crippen LogP contribution in [0.2, 0.25) is 0 Å². The highest BCUT2D eigenvalue weighted by atomic mass is 32.2. The van der Waals surface area contributed by atoms with E-state index in [9.17, 15) is 9.59 Å². The fourth-order valence-corrected chi connectivity index (χ4v) is 2.89. The molecule has 0 bridgehead atoms. The summed E-state index contributed by atoms with van der Waals surface area (Å²) in [6.45, 7) is 3.01. The van der Waals surface area contributed by atoms with Crippen LogP contribution < -0.4 is 11.0 Å². The molecule has 0 unspecified atom stereocenters. The van der Waals surface area contributed by atoms with Gasteiger partial charge in [-0.25, -0.2) is 9.89 Å². The number of nitrogens with zero attached hydrogens (tertiary/aromatic N) is 2. The Balaban J connectivity index is 2.08. The molecule has 1 amide bonds. The van der Waals surface area contributed by atoms with Gasteiger partial charge in [0.1, 0.15) is 0 Å². The first-order valence-corrected chi connectivity index (χ1v) is 7.15. The number of H-pyrrole nitrogens is 1. The van der Waals surface area contributed by atoms with Gasteiger partial charge in [0.05, 0.1) is 17.9 Å². The number of ether oxygens (including phenoxy) is 1. The largest absolute Gasteiger partial charge is 0.376 e. The molecule has 1 fully saturated rings. The van der Waals surface area contributed by atoms with Gasteiger partial charge < -0.3 is 10.1 Å². The molecule has 2 heterocycles. The van der Waals surface area contributed by atoms with Crippen molar-refractivity contribution in [3.05, 3.63) is 10.5 Å². The zero-order valence-electron chi connectivity index (χ0n) is 11.0. The van der Waals surface area contributed by atoms with E-state index < -0.39 is 0 Å². The number of amides is 1. The highest BCUT2D eigenvalue weighted by Crippen LogP contribution is 2.21. The van der Waals surface area contributed by atoms with Crippen molar-refractivity contribution in [2.75, 3.05) is 13.7 Å². The summed E-state index contributed by atoms with van der Waals surface area (Å²) in [6, 6.07) is 0. The molecule has 8 heteroatoms. The molecule has 106 valence electrons. The molecule has 2 rings (SSSR count). The molecule has 1 saturated heterocycles. The number of hydrogen-bond donors (Lipinski definition) is 2. The number of aromatic nitrogens is 3. The minimum absolute atomic E-state index is 0.0601. The maximum atomic E-state index is 11.7. The van der Waals surface area contributed by atoms with Crippen LogP contribution in [0, 0.1) is 0 Å². The van der Waals surface area contributed by atoms with Crippen LogP contribution in [0.5, 0.6) is 0 Å². The van der Waals surface area contributed by atoms with E-state index in [1.54, 1.807) is 18.5 Å². The number of rotatable bonds is 5. The Morgan fingerprint density at radius 1 is 1.74 bits per heavy atom. The summed E-state index contributed by atoms with van der Waals surface area (Å²) in [4.78, 5) is 23.2. The summed E-state index contributed by atoms with van der Waals surface area (Å²) >= 11 is 1.26. The minimum Gasteiger partial charge on any atom is -0.376 e. The van der Waals surface area contributed by atoms with Crippen LogP contribution in [0.15, 0.2) is 9.95 Å². The smallest absolute Gasteiger partial charge is 0.344 e. The molecular formula is C11H18N4O3S. The Kier molecular flexibility index (Phi) is 4.65. The van der Waals surface area contributed by atoms with Gasteiger partial charge in [-0.3, -0.25) is 9.36 Å². The van der Waals surface area contributed by atoms with Crippen LogP contribution in [0.1, 0.15) is 19.8 Å². The molecule has 0 radical (unpaired) electrons. The van der Waals surface area contributed by atoms with Crippen LogP contribution in [-0.4, -0.2) is 45.7 Å². The van der Waals surface area contributed by atoms with Gasteiger partial charge >= 0.3 is 5.69 Å². The Labute approximate surface area is 115 Å². The lowest BCUT2D eigenvalue weighted by Gasteiger charge is -2.13. The Hall–Kier alpha value is -1.28. The van der Waals surface area contributed by atoms with Crippen molar-refractivity contribution in [2.45, 2.75) is 42.8 Å². The van der Waals surface area contributed by atoms with Gasteiger partial charge in [-0.05, 0) is 19.8 Å². The predicted molar refractivity (Wildman–Crippen MR) is 71.2 cm³/mol. The van der Waals surface area contributed by atoms with Crippen LogP contribution in [0.25, 0.3) is 0 Å². The average molecular weight is 286 g/mol. The molecule has 1 aliphatic rings. The number of hydrogen-bond acceptors (Lipinski definition) is 5. The quantitative estimate of drug-likeness (QED) is 0.742. The lowest BCUT2D eigenvalue weighted by atomic mass is 10.2. The van der Waals surface area contributed by atoms with Gasteiger partial charge in [-0.1, -0.05) is 11.8 Å². The van der Waals surface area contributed by atoms with Crippen LogP contribution in [-0.2, 0) is 16.1 Å². The molecule has 1 aromatic heterocycles. The van der Waals surface area contributed by atoms with Crippen LogP contribution in [0.3, 0.4) is 0 Å². The molecule has 0 spiro atoms. The first-order chi connectivity index (χ1) is 9.11. The number of nitrogens with one attached hydrogen (secondary N) is 2. The van der Waals surface area contributed by atoms with Gasteiger partial charge in [0.25, 0.3) is 0 Å². The van der Waals surface area contributed by atoms with E-state index in [1.807, 2.05) is 0 Å².